The Morgan fingerprint density at radius 1 is 1.47 bits per heavy atom. The van der Waals surface area contributed by atoms with Gasteiger partial charge in [-0.15, -0.1) is 0 Å². The fraction of sp³-hybridized carbons (Fsp3) is 0.545. The van der Waals surface area contributed by atoms with Crippen molar-refractivity contribution in [2.45, 2.75) is 6.42 Å². The molecule has 1 aliphatic heterocycles. The summed E-state index contributed by atoms with van der Waals surface area (Å²) in [4.78, 5) is 20.9. The summed E-state index contributed by atoms with van der Waals surface area (Å²) < 4.78 is 5.28. The normalized spacial score (nSPS) is 15.3. The van der Waals surface area contributed by atoms with Gasteiger partial charge in [-0.2, -0.15) is 0 Å². The smallest absolute Gasteiger partial charge is 0.404 e. The SMILES string of the molecule is O=C(O)NCCc1nc(Cl)cc(N2CCOCC2)n1. The first-order valence-corrected chi connectivity index (χ1v) is 6.36. The summed E-state index contributed by atoms with van der Waals surface area (Å²) in [6.45, 7) is 3.12. The van der Waals surface area contributed by atoms with Gasteiger partial charge in [0.25, 0.3) is 0 Å². The van der Waals surface area contributed by atoms with E-state index in [9.17, 15) is 4.79 Å². The van der Waals surface area contributed by atoms with Gasteiger partial charge < -0.3 is 20.1 Å². The zero-order valence-corrected chi connectivity index (χ0v) is 11.1. The summed E-state index contributed by atoms with van der Waals surface area (Å²) in [5, 5.41) is 11.1. The summed E-state index contributed by atoms with van der Waals surface area (Å²) in [6.07, 6.45) is -0.653. The topological polar surface area (TPSA) is 87.6 Å². The van der Waals surface area contributed by atoms with E-state index in [1.807, 2.05) is 0 Å². The fourth-order valence-electron chi connectivity index (χ4n) is 1.80. The monoisotopic (exact) mass is 286 g/mol. The summed E-state index contributed by atoms with van der Waals surface area (Å²) in [6, 6.07) is 1.71. The van der Waals surface area contributed by atoms with Gasteiger partial charge in [-0.3, -0.25) is 0 Å². The second-order valence-electron chi connectivity index (χ2n) is 4.05. The average molecular weight is 287 g/mol. The van der Waals surface area contributed by atoms with Crippen molar-refractivity contribution >= 4 is 23.5 Å². The third kappa shape index (κ3) is 4.22. The van der Waals surface area contributed by atoms with Crippen LogP contribution in [0.1, 0.15) is 5.82 Å². The number of ether oxygens (including phenoxy) is 1. The van der Waals surface area contributed by atoms with Crippen LogP contribution in [0.15, 0.2) is 6.07 Å². The van der Waals surface area contributed by atoms with Crippen molar-refractivity contribution < 1.29 is 14.6 Å². The van der Waals surface area contributed by atoms with Crippen LogP contribution in [-0.2, 0) is 11.2 Å². The van der Waals surface area contributed by atoms with Crippen LogP contribution in [0, 0.1) is 0 Å². The molecule has 0 saturated carbocycles. The van der Waals surface area contributed by atoms with Crippen molar-refractivity contribution in [3.05, 3.63) is 17.0 Å². The highest BCUT2D eigenvalue weighted by Gasteiger charge is 2.14. The molecule has 0 aromatic carbocycles. The third-order valence-electron chi connectivity index (χ3n) is 2.69. The lowest BCUT2D eigenvalue weighted by molar-refractivity contribution is 0.122. The van der Waals surface area contributed by atoms with Gasteiger partial charge in [0.05, 0.1) is 13.2 Å². The van der Waals surface area contributed by atoms with Crippen LogP contribution < -0.4 is 10.2 Å². The Morgan fingerprint density at radius 3 is 2.89 bits per heavy atom. The van der Waals surface area contributed by atoms with E-state index in [0.29, 0.717) is 30.6 Å². The number of nitrogens with zero attached hydrogens (tertiary/aromatic N) is 3. The van der Waals surface area contributed by atoms with E-state index in [1.165, 1.54) is 0 Å². The molecule has 0 spiro atoms. The Hall–Kier alpha value is -1.60. The lowest BCUT2D eigenvalue weighted by Crippen LogP contribution is -2.37. The second kappa shape index (κ2) is 6.53. The van der Waals surface area contributed by atoms with Crippen LogP contribution in [0.2, 0.25) is 5.15 Å². The highest BCUT2D eigenvalue weighted by atomic mass is 35.5. The van der Waals surface area contributed by atoms with Gasteiger partial charge in [-0.1, -0.05) is 11.6 Å². The predicted octanol–water partition coefficient (Wildman–Crippen LogP) is 0.777. The molecule has 1 aromatic rings. The Labute approximate surface area is 115 Å². The van der Waals surface area contributed by atoms with E-state index < -0.39 is 6.09 Å². The van der Waals surface area contributed by atoms with Crippen molar-refractivity contribution in [3.8, 4) is 0 Å². The number of nitrogens with one attached hydrogen (secondary N) is 1. The summed E-state index contributed by atoms with van der Waals surface area (Å²) >= 11 is 5.96. The van der Waals surface area contributed by atoms with Crippen LogP contribution in [-0.4, -0.2) is 54.0 Å². The van der Waals surface area contributed by atoms with E-state index in [2.05, 4.69) is 20.2 Å². The highest BCUT2D eigenvalue weighted by Crippen LogP contribution is 2.17. The maximum absolute atomic E-state index is 10.4. The molecule has 2 rings (SSSR count). The molecule has 1 amide bonds. The van der Waals surface area contributed by atoms with E-state index >= 15 is 0 Å². The molecule has 0 unspecified atom stereocenters. The molecule has 1 aromatic heterocycles. The van der Waals surface area contributed by atoms with E-state index in [-0.39, 0.29) is 6.54 Å². The van der Waals surface area contributed by atoms with E-state index in [4.69, 9.17) is 21.4 Å². The standard InChI is InChI=1S/C11H15ClN4O3/c12-8-7-10(16-3-5-19-6-4-16)15-9(14-8)1-2-13-11(17)18/h7,13H,1-6H2,(H,17,18). The molecule has 7 nitrogen and oxygen atoms in total. The third-order valence-corrected chi connectivity index (χ3v) is 2.88. The molecule has 2 heterocycles. The number of rotatable bonds is 4. The van der Waals surface area contributed by atoms with Crippen LogP contribution in [0.5, 0.6) is 0 Å². The first kappa shape index (κ1) is 13.8. The molecule has 2 N–H and O–H groups in total. The number of carboxylic acid groups (broad SMARTS) is 1. The van der Waals surface area contributed by atoms with Gasteiger partial charge in [-0.25, -0.2) is 14.8 Å². The maximum atomic E-state index is 10.4. The molecule has 0 aliphatic carbocycles. The summed E-state index contributed by atoms with van der Waals surface area (Å²) in [5.41, 5.74) is 0. The molecule has 0 bridgehead atoms. The predicted molar refractivity (Wildman–Crippen MR) is 69.8 cm³/mol. The van der Waals surface area contributed by atoms with E-state index in [1.54, 1.807) is 6.07 Å². The quantitative estimate of drug-likeness (QED) is 0.795. The number of carbonyl (C=O) groups is 1. The number of hydrogen-bond donors (Lipinski definition) is 2. The maximum Gasteiger partial charge on any atom is 0.404 e. The zero-order chi connectivity index (χ0) is 13.7. The number of anilines is 1. The molecule has 0 radical (unpaired) electrons. The molecule has 104 valence electrons. The van der Waals surface area contributed by atoms with Gasteiger partial charge in [0, 0.05) is 32.1 Å². The molecule has 0 atom stereocenters. The van der Waals surface area contributed by atoms with Crippen LogP contribution in [0.3, 0.4) is 0 Å². The van der Waals surface area contributed by atoms with Gasteiger partial charge in [0.15, 0.2) is 0 Å². The minimum Gasteiger partial charge on any atom is -0.465 e. The first-order valence-electron chi connectivity index (χ1n) is 5.98. The molecular weight excluding hydrogens is 272 g/mol. The molecule has 1 saturated heterocycles. The molecular formula is C11H15ClN4O3. The largest absolute Gasteiger partial charge is 0.465 e. The first-order chi connectivity index (χ1) is 9.15. The minimum atomic E-state index is -1.06. The van der Waals surface area contributed by atoms with Gasteiger partial charge in [0.2, 0.25) is 0 Å². The summed E-state index contributed by atoms with van der Waals surface area (Å²) in [7, 11) is 0. The molecule has 19 heavy (non-hydrogen) atoms. The van der Waals surface area contributed by atoms with E-state index in [0.717, 1.165) is 18.9 Å². The zero-order valence-electron chi connectivity index (χ0n) is 10.3. The lowest BCUT2D eigenvalue weighted by atomic mass is 10.3. The Kier molecular flexibility index (Phi) is 4.75. The number of amides is 1. The number of halogens is 1. The molecule has 8 heteroatoms. The number of hydrogen-bond acceptors (Lipinski definition) is 5. The van der Waals surface area contributed by atoms with Crippen molar-refractivity contribution in [1.82, 2.24) is 15.3 Å². The van der Waals surface area contributed by atoms with Crippen LogP contribution in [0.25, 0.3) is 0 Å². The summed E-state index contributed by atoms with van der Waals surface area (Å²) in [5.74, 6) is 1.29. The van der Waals surface area contributed by atoms with Crippen LogP contribution in [0.4, 0.5) is 10.6 Å². The number of aromatic nitrogens is 2. The van der Waals surface area contributed by atoms with Gasteiger partial charge >= 0.3 is 6.09 Å². The van der Waals surface area contributed by atoms with Gasteiger partial charge in [0.1, 0.15) is 16.8 Å². The Morgan fingerprint density at radius 2 is 2.21 bits per heavy atom. The van der Waals surface area contributed by atoms with Crippen LogP contribution >= 0.6 is 11.6 Å². The second-order valence-corrected chi connectivity index (χ2v) is 4.43. The van der Waals surface area contributed by atoms with Gasteiger partial charge in [-0.05, 0) is 0 Å². The van der Waals surface area contributed by atoms with Crippen molar-refractivity contribution in [2.75, 3.05) is 37.7 Å². The Balaban J connectivity index is 2.03. The van der Waals surface area contributed by atoms with Crippen molar-refractivity contribution in [3.63, 3.8) is 0 Å². The fourth-order valence-corrected chi connectivity index (χ4v) is 1.99. The van der Waals surface area contributed by atoms with Crippen molar-refractivity contribution in [2.24, 2.45) is 0 Å². The number of morpholine rings is 1. The Bertz CT molecular complexity index is 452. The molecule has 1 fully saturated rings. The lowest BCUT2D eigenvalue weighted by Gasteiger charge is -2.28. The minimum absolute atomic E-state index is 0.262. The van der Waals surface area contributed by atoms with Crippen molar-refractivity contribution in [1.29, 1.82) is 0 Å². The highest BCUT2D eigenvalue weighted by molar-refractivity contribution is 6.29. The molecule has 1 aliphatic rings. The average Bonchev–Trinajstić information content (AvgIpc) is 2.39.